The van der Waals surface area contributed by atoms with Gasteiger partial charge >= 0.3 is 10.2 Å². The summed E-state index contributed by atoms with van der Waals surface area (Å²) < 4.78 is 40.0. The third-order valence-electron chi connectivity index (χ3n) is 2.23. The highest BCUT2D eigenvalue weighted by molar-refractivity contribution is 7.90. The van der Waals surface area contributed by atoms with E-state index in [0.29, 0.717) is 19.5 Å². The lowest BCUT2D eigenvalue weighted by Gasteiger charge is -2.28. The molecule has 6 heteroatoms. The molecule has 1 aromatic rings. The highest BCUT2D eigenvalue weighted by Gasteiger charge is 2.27. The van der Waals surface area contributed by atoms with E-state index in [1.807, 2.05) is 0 Å². The van der Waals surface area contributed by atoms with Crippen molar-refractivity contribution in [3.63, 3.8) is 0 Å². The van der Waals surface area contributed by atoms with Crippen LogP contribution in [-0.2, 0) is 10.2 Å². The van der Waals surface area contributed by atoms with Crippen LogP contribution in [0.15, 0.2) is 24.3 Å². The molecule has 1 fully saturated rings. The maximum absolute atomic E-state index is 13.4. The number of para-hydroxylation sites is 1. The Hall–Kier alpha value is -1.14. The van der Waals surface area contributed by atoms with Crippen molar-refractivity contribution >= 4 is 15.9 Å². The van der Waals surface area contributed by atoms with Gasteiger partial charge in [0.05, 0.1) is 5.69 Å². The Morgan fingerprint density at radius 2 is 2.07 bits per heavy atom. The third-order valence-corrected chi connectivity index (χ3v) is 3.76. The summed E-state index contributed by atoms with van der Waals surface area (Å²) in [6, 6.07) is 5.85. The van der Waals surface area contributed by atoms with Crippen molar-refractivity contribution in [2.24, 2.45) is 0 Å². The van der Waals surface area contributed by atoms with Gasteiger partial charge in [-0.25, -0.2) is 4.39 Å². The molecule has 0 radical (unpaired) electrons. The molecule has 0 unspecified atom stereocenters. The van der Waals surface area contributed by atoms with E-state index < -0.39 is 16.0 Å². The van der Waals surface area contributed by atoms with Crippen LogP contribution in [0.25, 0.3) is 0 Å². The molecule has 1 saturated heterocycles. The minimum absolute atomic E-state index is 0.102. The number of nitrogens with zero attached hydrogens (tertiary/aromatic N) is 1. The van der Waals surface area contributed by atoms with Crippen molar-refractivity contribution in [1.82, 2.24) is 4.72 Å². The standard InChI is InChI=1S/C9H11FN2O2S/c10-8-4-1-2-5-9(8)12-7-3-6-11-15(12,13)14/h1-2,4-5,11H,3,6-7H2. The Labute approximate surface area is 87.9 Å². The average molecular weight is 230 g/mol. The van der Waals surface area contributed by atoms with E-state index >= 15 is 0 Å². The van der Waals surface area contributed by atoms with Crippen molar-refractivity contribution in [1.29, 1.82) is 0 Å². The smallest absolute Gasteiger partial charge is 0.255 e. The lowest BCUT2D eigenvalue weighted by Crippen LogP contribution is -2.47. The summed E-state index contributed by atoms with van der Waals surface area (Å²) in [7, 11) is -3.56. The van der Waals surface area contributed by atoms with E-state index in [1.54, 1.807) is 6.07 Å². The monoisotopic (exact) mass is 230 g/mol. The Morgan fingerprint density at radius 3 is 2.73 bits per heavy atom. The fourth-order valence-electron chi connectivity index (χ4n) is 1.53. The summed E-state index contributed by atoms with van der Waals surface area (Å²) in [5.41, 5.74) is 0.102. The van der Waals surface area contributed by atoms with E-state index in [2.05, 4.69) is 4.72 Å². The molecule has 0 saturated carbocycles. The molecular weight excluding hydrogens is 219 g/mol. The summed E-state index contributed by atoms with van der Waals surface area (Å²) in [5, 5.41) is 0. The lowest BCUT2D eigenvalue weighted by atomic mass is 10.3. The van der Waals surface area contributed by atoms with Crippen molar-refractivity contribution in [2.45, 2.75) is 6.42 Å². The van der Waals surface area contributed by atoms with Gasteiger partial charge in [0.25, 0.3) is 0 Å². The van der Waals surface area contributed by atoms with Gasteiger partial charge in [0.15, 0.2) is 0 Å². The van der Waals surface area contributed by atoms with Crippen LogP contribution in [0.1, 0.15) is 6.42 Å². The van der Waals surface area contributed by atoms with E-state index in [1.165, 1.54) is 18.2 Å². The van der Waals surface area contributed by atoms with E-state index in [-0.39, 0.29) is 5.69 Å². The second kappa shape index (κ2) is 3.79. The first-order valence-corrected chi connectivity index (χ1v) is 6.07. The summed E-state index contributed by atoms with van der Waals surface area (Å²) in [6.45, 7) is 0.726. The molecule has 2 rings (SSSR count). The van der Waals surface area contributed by atoms with Crippen molar-refractivity contribution < 1.29 is 12.8 Å². The summed E-state index contributed by atoms with van der Waals surface area (Å²) in [5.74, 6) is -0.523. The number of anilines is 1. The number of benzene rings is 1. The van der Waals surface area contributed by atoms with Gasteiger partial charge in [0.1, 0.15) is 5.82 Å². The molecule has 15 heavy (non-hydrogen) atoms. The minimum Gasteiger partial charge on any atom is -0.255 e. The molecule has 1 aromatic carbocycles. The highest BCUT2D eigenvalue weighted by Crippen LogP contribution is 2.22. The number of nitrogens with one attached hydrogen (secondary N) is 1. The van der Waals surface area contributed by atoms with Crippen LogP contribution in [0, 0.1) is 5.82 Å². The number of halogens is 1. The highest BCUT2D eigenvalue weighted by atomic mass is 32.2. The van der Waals surface area contributed by atoms with Gasteiger partial charge in [-0.15, -0.1) is 0 Å². The quantitative estimate of drug-likeness (QED) is 0.778. The molecule has 82 valence electrons. The van der Waals surface area contributed by atoms with Crippen LogP contribution in [0.5, 0.6) is 0 Å². The van der Waals surface area contributed by atoms with Crippen molar-refractivity contribution in [3.05, 3.63) is 30.1 Å². The topological polar surface area (TPSA) is 49.4 Å². The number of hydrogen-bond donors (Lipinski definition) is 1. The Bertz CT molecular complexity index is 461. The Morgan fingerprint density at radius 1 is 1.33 bits per heavy atom. The van der Waals surface area contributed by atoms with Crippen LogP contribution in [0.2, 0.25) is 0 Å². The van der Waals surface area contributed by atoms with Gasteiger partial charge in [0.2, 0.25) is 0 Å². The molecule has 1 heterocycles. The fourth-order valence-corrected chi connectivity index (χ4v) is 2.86. The molecule has 1 aliphatic heterocycles. The zero-order valence-electron chi connectivity index (χ0n) is 7.98. The summed E-state index contributed by atoms with van der Waals surface area (Å²) >= 11 is 0. The molecule has 0 bridgehead atoms. The number of hydrogen-bond acceptors (Lipinski definition) is 2. The van der Waals surface area contributed by atoms with Gasteiger partial charge in [-0.1, -0.05) is 12.1 Å². The second-order valence-electron chi connectivity index (χ2n) is 3.28. The molecule has 1 aliphatic rings. The first-order valence-electron chi connectivity index (χ1n) is 4.63. The fraction of sp³-hybridized carbons (Fsp3) is 0.333. The predicted molar refractivity (Wildman–Crippen MR) is 55.3 cm³/mol. The first kappa shape index (κ1) is 10.4. The minimum atomic E-state index is -3.56. The molecule has 0 atom stereocenters. The SMILES string of the molecule is O=S1(=O)NCCCN1c1ccccc1F. The van der Waals surface area contributed by atoms with Crippen LogP contribution >= 0.6 is 0 Å². The lowest BCUT2D eigenvalue weighted by molar-refractivity contribution is 0.555. The maximum atomic E-state index is 13.4. The van der Waals surface area contributed by atoms with Crippen molar-refractivity contribution in [2.75, 3.05) is 17.4 Å². The van der Waals surface area contributed by atoms with Crippen molar-refractivity contribution in [3.8, 4) is 0 Å². The maximum Gasteiger partial charge on any atom is 0.301 e. The van der Waals surface area contributed by atoms with Gasteiger partial charge in [-0.05, 0) is 18.6 Å². The zero-order chi connectivity index (χ0) is 10.9. The van der Waals surface area contributed by atoms with Crippen LogP contribution in [0.3, 0.4) is 0 Å². The summed E-state index contributed by atoms with van der Waals surface area (Å²) in [4.78, 5) is 0. The zero-order valence-corrected chi connectivity index (χ0v) is 8.80. The second-order valence-corrected chi connectivity index (χ2v) is 4.96. The molecule has 0 aromatic heterocycles. The predicted octanol–water partition coefficient (Wildman–Crippen LogP) is 0.870. The third kappa shape index (κ3) is 1.95. The molecule has 0 aliphatic carbocycles. The van der Waals surface area contributed by atoms with Crippen LogP contribution in [-0.4, -0.2) is 21.5 Å². The van der Waals surface area contributed by atoms with Gasteiger partial charge < -0.3 is 0 Å². The Balaban J connectivity index is 2.42. The van der Waals surface area contributed by atoms with E-state index in [0.717, 1.165) is 4.31 Å². The first-order chi connectivity index (χ1) is 7.11. The number of rotatable bonds is 1. The largest absolute Gasteiger partial charge is 0.301 e. The molecule has 4 nitrogen and oxygen atoms in total. The molecule has 0 spiro atoms. The molecular formula is C9H11FN2O2S. The van der Waals surface area contributed by atoms with Crippen LogP contribution < -0.4 is 9.03 Å². The molecule has 0 amide bonds. The van der Waals surface area contributed by atoms with Crippen LogP contribution in [0.4, 0.5) is 10.1 Å². The van der Waals surface area contributed by atoms with E-state index in [9.17, 15) is 12.8 Å². The normalized spacial score (nSPS) is 20.2. The average Bonchev–Trinajstić information content (AvgIpc) is 2.19. The Kier molecular flexibility index (Phi) is 2.62. The van der Waals surface area contributed by atoms with Gasteiger partial charge in [0, 0.05) is 13.1 Å². The molecule has 1 N–H and O–H groups in total. The van der Waals surface area contributed by atoms with Gasteiger partial charge in [-0.2, -0.15) is 13.1 Å². The van der Waals surface area contributed by atoms with E-state index in [4.69, 9.17) is 0 Å². The summed E-state index contributed by atoms with van der Waals surface area (Å²) in [6.07, 6.45) is 0.674. The van der Waals surface area contributed by atoms with Gasteiger partial charge in [-0.3, -0.25) is 4.31 Å².